The molecule has 3 aromatic rings. The molecule has 3 N–H and O–H groups in total. The van der Waals surface area contributed by atoms with Crippen LogP contribution in [-0.2, 0) is 24.3 Å². The minimum absolute atomic E-state index is 0.123. The lowest BCUT2D eigenvalue weighted by Crippen LogP contribution is -2.40. The third-order valence-corrected chi connectivity index (χ3v) is 7.20. The highest BCUT2D eigenvalue weighted by molar-refractivity contribution is 7.92. The average molecular weight is 534 g/mol. The monoisotopic (exact) mass is 533 g/mol. The van der Waals surface area contributed by atoms with Gasteiger partial charge in [-0.25, -0.2) is 12.8 Å². The van der Waals surface area contributed by atoms with Crippen molar-refractivity contribution in [3.8, 4) is 11.3 Å². The van der Waals surface area contributed by atoms with Crippen molar-refractivity contribution in [2.24, 2.45) is 5.73 Å². The van der Waals surface area contributed by atoms with Crippen LogP contribution in [0.3, 0.4) is 0 Å². The number of carbonyl (C=O) groups is 2. The minimum Gasteiger partial charge on any atom is -0.462 e. The van der Waals surface area contributed by atoms with Crippen LogP contribution in [-0.4, -0.2) is 58.9 Å². The van der Waals surface area contributed by atoms with Gasteiger partial charge in [-0.2, -0.15) is 0 Å². The first kappa shape index (κ1) is 26.6. The molecule has 12 heteroatoms. The quantitative estimate of drug-likeness (QED) is 0.461. The number of rotatable bonds is 6. The maximum atomic E-state index is 13.5. The van der Waals surface area contributed by atoms with E-state index in [0.717, 1.165) is 10.6 Å². The summed E-state index contributed by atoms with van der Waals surface area (Å²) >= 11 is 0. The fourth-order valence-corrected chi connectivity index (χ4v) is 5.20. The third-order valence-electron chi connectivity index (χ3n) is 6.05. The summed E-state index contributed by atoms with van der Waals surface area (Å²) in [6.07, 6.45) is -0.351. The highest BCUT2D eigenvalue weighted by Gasteiger charge is 2.34. The van der Waals surface area contributed by atoms with Gasteiger partial charge in [-0.3, -0.25) is 13.9 Å². The van der Waals surface area contributed by atoms with Crippen molar-refractivity contribution in [1.29, 1.82) is 0 Å². The molecule has 10 nitrogen and oxygen atoms in total. The summed E-state index contributed by atoms with van der Waals surface area (Å²) in [4.78, 5) is 24.8. The molecule has 0 saturated heterocycles. The molecular weight excluding hydrogens is 505 g/mol. The molecular formula is C25H28FN3O7S. The number of nitrogens with zero attached hydrogens (tertiary/aromatic N) is 1. The number of furan rings is 1. The van der Waals surface area contributed by atoms with E-state index < -0.39 is 46.0 Å². The Labute approximate surface area is 213 Å². The van der Waals surface area contributed by atoms with Gasteiger partial charge in [-0.1, -0.05) is 0 Å². The smallest absolute Gasteiger partial charge is 0.322 e. The molecule has 1 aromatic heterocycles. The van der Waals surface area contributed by atoms with E-state index in [1.54, 1.807) is 19.1 Å². The second-order valence-electron chi connectivity index (χ2n) is 8.91. The van der Waals surface area contributed by atoms with Gasteiger partial charge in [0.15, 0.2) is 0 Å². The summed E-state index contributed by atoms with van der Waals surface area (Å²) in [5.74, 6) is -1.29. The first-order valence-electron chi connectivity index (χ1n) is 11.5. The molecule has 2 heterocycles. The Balaban J connectivity index is 1.86. The second-order valence-corrected chi connectivity index (χ2v) is 10.8. The summed E-state index contributed by atoms with van der Waals surface area (Å²) in [6.45, 7) is 2.90. The first-order valence-corrected chi connectivity index (χ1v) is 13.4. The van der Waals surface area contributed by atoms with Crippen molar-refractivity contribution >= 4 is 38.6 Å². The molecule has 1 aliphatic rings. The van der Waals surface area contributed by atoms with Crippen LogP contribution in [0.4, 0.5) is 10.1 Å². The summed E-state index contributed by atoms with van der Waals surface area (Å²) in [5, 5.41) is 3.03. The molecule has 0 bridgehead atoms. The number of halogens is 1. The molecule has 0 fully saturated rings. The van der Waals surface area contributed by atoms with Gasteiger partial charge in [0, 0.05) is 29.6 Å². The zero-order valence-electron chi connectivity index (χ0n) is 20.8. The van der Waals surface area contributed by atoms with Crippen molar-refractivity contribution in [1.82, 2.24) is 5.32 Å². The van der Waals surface area contributed by atoms with Gasteiger partial charge in [-0.05, 0) is 44.2 Å². The number of hydrogen-bond donors (Lipinski definition) is 2. The van der Waals surface area contributed by atoms with Gasteiger partial charge in [0.25, 0.3) is 5.91 Å². The fourth-order valence-electron chi connectivity index (χ4n) is 4.25. The normalized spacial score (nSPS) is 18.7. The van der Waals surface area contributed by atoms with E-state index in [2.05, 4.69) is 5.32 Å². The lowest BCUT2D eigenvalue weighted by atomic mass is 10.0. The van der Waals surface area contributed by atoms with Gasteiger partial charge in [0.05, 0.1) is 30.2 Å². The van der Waals surface area contributed by atoms with Gasteiger partial charge in [0.1, 0.15) is 35.9 Å². The van der Waals surface area contributed by atoms with Crippen molar-refractivity contribution in [2.45, 2.75) is 32.1 Å². The molecule has 3 unspecified atom stereocenters. The fraction of sp³-hybridized carbons (Fsp3) is 0.360. The van der Waals surface area contributed by atoms with Crippen molar-refractivity contribution in [3.63, 3.8) is 0 Å². The van der Waals surface area contributed by atoms with Crippen LogP contribution in [0.5, 0.6) is 0 Å². The standard InChI is InChI=1S/C25H28FN3O7S/c1-13(27)25(31)34-12-17-11-29(37(4,32)33)20-10-21-19(9-18(20)14(2)35-17)22(24(30)28-3)23(36-21)15-5-7-16(26)8-6-15/h5-10,13-14,17H,11-12,27H2,1-4H3,(H,28,30). The van der Waals surface area contributed by atoms with E-state index >= 15 is 0 Å². The number of amides is 1. The lowest BCUT2D eigenvalue weighted by molar-refractivity contribution is -0.150. The maximum absolute atomic E-state index is 13.5. The molecule has 1 amide bonds. The van der Waals surface area contributed by atoms with Crippen molar-refractivity contribution in [3.05, 3.63) is 53.3 Å². The Morgan fingerprint density at radius 3 is 2.54 bits per heavy atom. The zero-order valence-corrected chi connectivity index (χ0v) is 21.6. The van der Waals surface area contributed by atoms with Crippen LogP contribution in [0.1, 0.15) is 35.9 Å². The predicted octanol–water partition coefficient (Wildman–Crippen LogP) is 2.71. The van der Waals surface area contributed by atoms with Gasteiger partial charge < -0.3 is 24.9 Å². The molecule has 0 spiro atoms. The van der Waals surface area contributed by atoms with E-state index in [0.29, 0.717) is 22.2 Å². The second kappa shape index (κ2) is 10.1. The number of hydrogen-bond acceptors (Lipinski definition) is 8. The lowest BCUT2D eigenvalue weighted by Gasteiger charge is -2.25. The molecule has 2 aromatic carbocycles. The largest absolute Gasteiger partial charge is 0.462 e. The molecule has 37 heavy (non-hydrogen) atoms. The zero-order chi connectivity index (χ0) is 27.1. The van der Waals surface area contributed by atoms with E-state index in [9.17, 15) is 22.4 Å². The average Bonchev–Trinajstić information content (AvgIpc) is 3.14. The van der Waals surface area contributed by atoms with E-state index in [-0.39, 0.29) is 30.1 Å². The Hall–Kier alpha value is -3.48. The summed E-state index contributed by atoms with van der Waals surface area (Å²) < 4.78 is 57.7. The molecule has 0 saturated carbocycles. The van der Waals surface area contributed by atoms with E-state index in [1.165, 1.54) is 38.2 Å². The summed E-state index contributed by atoms with van der Waals surface area (Å²) in [6, 6.07) is 7.86. The van der Waals surface area contributed by atoms with Crippen LogP contribution < -0.4 is 15.4 Å². The Kier molecular flexibility index (Phi) is 7.27. The van der Waals surface area contributed by atoms with E-state index in [1.807, 2.05) is 0 Å². The number of nitrogens with one attached hydrogen (secondary N) is 1. The number of sulfonamides is 1. The van der Waals surface area contributed by atoms with Gasteiger partial charge in [-0.15, -0.1) is 0 Å². The third kappa shape index (κ3) is 5.31. The number of ether oxygens (including phenoxy) is 2. The number of anilines is 1. The van der Waals surface area contributed by atoms with Crippen LogP contribution in [0, 0.1) is 5.82 Å². The van der Waals surface area contributed by atoms with Crippen LogP contribution in [0.25, 0.3) is 22.3 Å². The Morgan fingerprint density at radius 2 is 1.95 bits per heavy atom. The Bertz CT molecular complexity index is 1450. The Morgan fingerprint density at radius 1 is 1.27 bits per heavy atom. The number of benzene rings is 2. The topological polar surface area (TPSA) is 141 Å². The number of nitrogens with two attached hydrogens (primary N) is 1. The number of esters is 1. The highest BCUT2D eigenvalue weighted by Crippen LogP contribution is 2.42. The molecule has 1 aliphatic heterocycles. The van der Waals surface area contributed by atoms with Crippen LogP contribution >= 0.6 is 0 Å². The number of fused-ring (bicyclic) bond motifs is 2. The van der Waals surface area contributed by atoms with Crippen molar-refractivity contribution in [2.75, 3.05) is 30.8 Å². The first-order chi connectivity index (χ1) is 17.4. The maximum Gasteiger partial charge on any atom is 0.322 e. The predicted molar refractivity (Wildman–Crippen MR) is 135 cm³/mol. The molecule has 0 radical (unpaired) electrons. The minimum atomic E-state index is -3.80. The molecule has 0 aliphatic carbocycles. The van der Waals surface area contributed by atoms with Crippen LogP contribution in [0.15, 0.2) is 40.8 Å². The van der Waals surface area contributed by atoms with E-state index in [4.69, 9.17) is 19.6 Å². The van der Waals surface area contributed by atoms with Gasteiger partial charge >= 0.3 is 5.97 Å². The van der Waals surface area contributed by atoms with Crippen LogP contribution in [0.2, 0.25) is 0 Å². The van der Waals surface area contributed by atoms with Crippen molar-refractivity contribution < 1.29 is 36.3 Å². The molecule has 198 valence electrons. The van der Waals surface area contributed by atoms with Gasteiger partial charge in [0.2, 0.25) is 10.0 Å². The molecule has 4 rings (SSSR count). The summed E-state index contributed by atoms with van der Waals surface area (Å²) in [7, 11) is -2.32. The molecule has 3 atom stereocenters. The summed E-state index contributed by atoms with van der Waals surface area (Å²) in [5.41, 5.74) is 7.32. The highest BCUT2D eigenvalue weighted by atomic mass is 32.2. The number of carbonyl (C=O) groups excluding carboxylic acids is 2. The SMILES string of the molecule is CNC(=O)c1c(-c2ccc(F)cc2)oc2cc3c(cc12)C(C)OC(COC(=O)C(C)N)CN3S(C)(=O)=O.